The maximum atomic E-state index is 14.2. The van der Waals surface area contributed by atoms with Gasteiger partial charge in [0.1, 0.15) is 11.5 Å². The number of para-hydroxylation sites is 1. The molecule has 0 spiro atoms. The lowest BCUT2D eigenvalue weighted by atomic mass is 10.2. The molecule has 1 atom stereocenters. The fourth-order valence-electron chi connectivity index (χ4n) is 2.93. The van der Waals surface area contributed by atoms with Gasteiger partial charge in [0, 0.05) is 5.30 Å². The van der Waals surface area contributed by atoms with E-state index in [0.717, 1.165) is 21.5 Å². The summed E-state index contributed by atoms with van der Waals surface area (Å²) in [5.74, 6) is 1.38. The molecule has 3 aromatic rings. The maximum Gasteiger partial charge on any atom is 0.178 e. The summed E-state index contributed by atoms with van der Waals surface area (Å²) in [6, 6.07) is 23.2. The van der Waals surface area contributed by atoms with Crippen molar-refractivity contribution in [3.63, 3.8) is 0 Å². The van der Waals surface area contributed by atoms with Crippen molar-refractivity contribution < 1.29 is 9.30 Å². The molecule has 0 N–H and O–H groups in total. The minimum Gasteiger partial charge on any atom is -0.456 e. The first-order valence-corrected chi connectivity index (χ1v) is 8.94. The maximum absolute atomic E-state index is 14.2. The highest BCUT2D eigenvalue weighted by Crippen LogP contribution is 2.51. The van der Waals surface area contributed by atoms with Crippen LogP contribution in [0.25, 0.3) is 0 Å². The fourth-order valence-corrected chi connectivity index (χ4v) is 5.88. The standard InChI is InChI=1S/C19H15O2P/c1-14-11-12-17-19(13-14)22(20,15-7-3-2-4-8-15)18-10-6-5-9-16(18)21-17/h2-13H,1H3. The summed E-state index contributed by atoms with van der Waals surface area (Å²) in [7, 11) is -2.90. The van der Waals surface area contributed by atoms with E-state index < -0.39 is 7.14 Å². The number of hydrogen-bond acceptors (Lipinski definition) is 2. The number of hydrogen-bond donors (Lipinski definition) is 0. The van der Waals surface area contributed by atoms with Gasteiger partial charge in [0.15, 0.2) is 7.14 Å². The van der Waals surface area contributed by atoms with Gasteiger partial charge in [0.2, 0.25) is 0 Å². The van der Waals surface area contributed by atoms with Crippen molar-refractivity contribution in [1.82, 2.24) is 0 Å². The molecule has 0 aliphatic carbocycles. The fraction of sp³-hybridized carbons (Fsp3) is 0.0526. The molecule has 1 heterocycles. The van der Waals surface area contributed by atoms with Crippen LogP contribution in [0.15, 0.2) is 72.8 Å². The van der Waals surface area contributed by atoms with Crippen LogP contribution in [0.2, 0.25) is 0 Å². The van der Waals surface area contributed by atoms with E-state index in [1.165, 1.54) is 0 Å². The van der Waals surface area contributed by atoms with Crippen LogP contribution >= 0.6 is 7.14 Å². The van der Waals surface area contributed by atoms with Gasteiger partial charge < -0.3 is 9.30 Å². The lowest BCUT2D eigenvalue weighted by Gasteiger charge is -2.29. The van der Waals surface area contributed by atoms with Crippen molar-refractivity contribution >= 4 is 23.1 Å². The summed E-state index contributed by atoms with van der Waals surface area (Å²) in [5.41, 5.74) is 1.08. The van der Waals surface area contributed by atoms with Crippen LogP contribution in [0.4, 0.5) is 0 Å². The third kappa shape index (κ3) is 1.84. The Morgan fingerprint density at radius 3 is 2.27 bits per heavy atom. The normalized spacial score (nSPS) is 19.0. The molecule has 1 unspecified atom stereocenters. The van der Waals surface area contributed by atoms with Crippen LogP contribution in [0.3, 0.4) is 0 Å². The molecule has 3 heteroatoms. The molecular weight excluding hydrogens is 291 g/mol. The Morgan fingerprint density at radius 2 is 1.45 bits per heavy atom. The van der Waals surface area contributed by atoms with Crippen molar-refractivity contribution in [3.8, 4) is 11.5 Å². The second kappa shape index (κ2) is 4.86. The summed E-state index contributed by atoms with van der Waals surface area (Å²) in [5, 5.41) is 2.41. The molecule has 1 aliphatic rings. The van der Waals surface area contributed by atoms with Gasteiger partial charge in [0.25, 0.3) is 0 Å². The van der Waals surface area contributed by atoms with E-state index in [-0.39, 0.29) is 0 Å². The Labute approximate surface area is 129 Å². The molecule has 1 aliphatic heterocycles. The van der Waals surface area contributed by atoms with Crippen LogP contribution < -0.4 is 20.7 Å². The number of rotatable bonds is 1. The first kappa shape index (κ1) is 13.4. The Morgan fingerprint density at radius 1 is 0.773 bits per heavy atom. The number of fused-ring (bicyclic) bond motifs is 2. The highest BCUT2D eigenvalue weighted by molar-refractivity contribution is 7.85. The van der Waals surface area contributed by atoms with Crippen molar-refractivity contribution in [3.05, 3.63) is 78.4 Å². The SMILES string of the molecule is Cc1ccc2c(c1)P(=O)(c1ccccc1)c1ccccc1O2. The van der Waals surface area contributed by atoms with Crippen LogP contribution in [-0.4, -0.2) is 0 Å². The van der Waals surface area contributed by atoms with Gasteiger partial charge in [-0.05, 0) is 31.2 Å². The van der Waals surface area contributed by atoms with Crippen LogP contribution in [0.1, 0.15) is 5.56 Å². The van der Waals surface area contributed by atoms with E-state index >= 15 is 0 Å². The molecule has 0 aromatic heterocycles. The van der Waals surface area contributed by atoms with Gasteiger partial charge in [-0.1, -0.05) is 54.1 Å². The largest absolute Gasteiger partial charge is 0.456 e. The van der Waals surface area contributed by atoms with E-state index in [2.05, 4.69) is 0 Å². The molecule has 0 radical (unpaired) electrons. The lowest BCUT2D eigenvalue weighted by Crippen LogP contribution is -2.30. The van der Waals surface area contributed by atoms with E-state index in [0.29, 0.717) is 11.5 Å². The summed E-state index contributed by atoms with van der Waals surface area (Å²) in [6.07, 6.45) is 0. The predicted molar refractivity (Wildman–Crippen MR) is 90.6 cm³/mol. The molecule has 4 rings (SSSR count). The average molecular weight is 306 g/mol. The first-order valence-electron chi connectivity index (χ1n) is 7.24. The van der Waals surface area contributed by atoms with Crippen molar-refractivity contribution in [2.45, 2.75) is 6.92 Å². The summed E-state index contributed by atoms with van der Waals surface area (Å²) >= 11 is 0. The highest BCUT2D eigenvalue weighted by Gasteiger charge is 2.38. The highest BCUT2D eigenvalue weighted by atomic mass is 31.2. The van der Waals surface area contributed by atoms with Crippen LogP contribution in [-0.2, 0) is 4.57 Å². The van der Waals surface area contributed by atoms with Crippen LogP contribution in [0, 0.1) is 6.92 Å². The van der Waals surface area contributed by atoms with Gasteiger partial charge >= 0.3 is 0 Å². The minimum atomic E-state index is -2.90. The minimum absolute atomic E-state index is 0.686. The Balaban J connectivity index is 2.10. The zero-order chi connectivity index (χ0) is 15.2. The number of benzene rings is 3. The Kier molecular flexibility index (Phi) is 2.95. The second-order valence-corrected chi connectivity index (χ2v) is 8.18. The van der Waals surface area contributed by atoms with Crippen molar-refractivity contribution in [2.24, 2.45) is 0 Å². The molecule has 22 heavy (non-hydrogen) atoms. The van der Waals surface area contributed by atoms with Gasteiger partial charge in [-0.2, -0.15) is 0 Å². The predicted octanol–water partition coefficient (Wildman–Crippen LogP) is 3.74. The van der Waals surface area contributed by atoms with Gasteiger partial charge in [-0.25, -0.2) is 0 Å². The van der Waals surface area contributed by atoms with E-state index in [1.807, 2.05) is 79.7 Å². The molecule has 2 nitrogen and oxygen atoms in total. The lowest BCUT2D eigenvalue weighted by molar-refractivity contribution is 0.485. The zero-order valence-electron chi connectivity index (χ0n) is 12.2. The molecule has 0 bridgehead atoms. The van der Waals surface area contributed by atoms with E-state index in [1.54, 1.807) is 0 Å². The molecular formula is C19H15O2P. The first-order chi connectivity index (χ1) is 10.7. The second-order valence-electron chi connectivity index (χ2n) is 5.49. The van der Waals surface area contributed by atoms with Crippen molar-refractivity contribution in [2.75, 3.05) is 0 Å². The zero-order valence-corrected chi connectivity index (χ0v) is 13.1. The van der Waals surface area contributed by atoms with Crippen LogP contribution in [0.5, 0.6) is 11.5 Å². The average Bonchev–Trinajstić information content (AvgIpc) is 2.57. The third-order valence-electron chi connectivity index (χ3n) is 4.00. The summed E-state index contributed by atoms with van der Waals surface area (Å²) in [4.78, 5) is 0. The van der Waals surface area contributed by atoms with Gasteiger partial charge in [-0.15, -0.1) is 0 Å². The van der Waals surface area contributed by atoms with Crippen molar-refractivity contribution in [1.29, 1.82) is 0 Å². The topological polar surface area (TPSA) is 26.3 Å². The number of ether oxygens (including phenoxy) is 1. The smallest absolute Gasteiger partial charge is 0.178 e. The van der Waals surface area contributed by atoms with Gasteiger partial charge in [0.05, 0.1) is 10.6 Å². The van der Waals surface area contributed by atoms with E-state index in [9.17, 15) is 4.57 Å². The third-order valence-corrected chi connectivity index (χ3v) is 7.10. The molecule has 108 valence electrons. The van der Waals surface area contributed by atoms with E-state index in [4.69, 9.17) is 4.74 Å². The van der Waals surface area contributed by atoms with Gasteiger partial charge in [-0.3, -0.25) is 0 Å². The summed E-state index contributed by atoms with van der Waals surface area (Å²) in [6.45, 7) is 2.01. The molecule has 0 saturated carbocycles. The monoisotopic (exact) mass is 306 g/mol. The Hall–Kier alpha value is -2.31. The quantitative estimate of drug-likeness (QED) is 0.501. The Bertz CT molecular complexity index is 900. The molecule has 0 fully saturated rings. The summed E-state index contributed by atoms with van der Waals surface area (Å²) < 4.78 is 20.1. The molecule has 3 aromatic carbocycles. The molecule has 0 amide bonds. The molecule has 0 saturated heterocycles. The number of aryl methyl sites for hydroxylation is 1.